The normalized spacial score (nSPS) is 10.6. The third-order valence-electron chi connectivity index (χ3n) is 2.28. The molecule has 1 heterocycles. The zero-order valence-corrected chi connectivity index (χ0v) is 9.54. The van der Waals surface area contributed by atoms with E-state index < -0.39 is 17.2 Å². The van der Waals surface area contributed by atoms with Crippen molar-refractivity contribution in [3.05, 3.63) is 52.1 Å². The molecule has 0 fully saturated rings. The number of aromatic nitrogens is 2. The summed E-state index contributed by atoms with van der Waals surface area (Å²) in [5.74, 6) is -0.983. The van der Waals surface area contributed by atoms with Crippen molar-refractivity contribution in [2.75, 3.05) is 7.11 Å². The van der Waals surface area contributed by atoms with E-state index in [1.54, 1.807) is 0 Å². The second-order valence-electron chi connectivity index (χ2n) is 3.63. The van der Waals surface area contributed by atoms with Gasteiger partial charge < -0.3 is 9.72 Å². The second kappa shape index (κ2) is 5.05. The number of hydrogen-bond donors (Lipinski definition) is 1. The van der Waals surface area contributed by atoms with Gasteiger partial charge in [0.05, 0.1) is 5.69 Å². The van der Waals surface area contributed by atoms with E-state index in [2.05, 4.69) is 9.97 Å². The summed E-state index contributed by atoms with van der Waals surface area (Å²) in [7, 11) is 1.44. The minimum absolute atomic E-state index is 0.0570. The van der Waals surface area contributed by atoms with Gasteiger partial charge in [0, 0.05) is 18.7 Å². The molecule has 1 aromatic heterocycles. The lowest BCUT2D eigenvalue weighted by Crippen LogP contribution is -2.12. The summed E-state index contributed by atoms with van der Waals surface area (Å²) >= 11 is 0. The van der Waals surface area contributed by atoms with E-state index in [1.807, 2.05) is 0 Å². The van der Waals surface area contributed by atoms with Crippen LogP contribution in [0.15, 0.2) is 29.1 Å². The monoisotopic (exact) mass is 252 g/mol. The number of methoxy groups -OCH3 is 1. The Morgan fingerprint density at radius 1 is 1.33 bits per heavy atom. The minimum atomic E-state index is -0.641. The molecule has 1 N–H and O–H groups in total. The van der Waals surface area contributed by atoms with Gasteiger partial charge in [-0.1, -0.05) is 0 Å². The molecule has 18 heavy (non-hydrogen) atoms. The van der Waals surface area contributed by atoms with E-state index in [9.17, 15) is 13.6 Å². The molecule has 0 atom stereocenters. The van der Waals surface area contributed by atoms with Crippen molar-refractivity contribution in [1.29, 1.82) is 0 Å². The molecule has 0 bridgehead atoms. The first-order chi connectivity index (χ1) is 8.60. The third-order valence-corrected chi connectivity index (χ3v) is 2.28. The number of rotatable bonds is 3. The van der Waals surface area contributed by atoms with E-state index in [0.717, 1.165) is 24.3 Å². The largest absolute Gasteiger partial charge is 0.377 e. The SMILES string of the molecule is COCc1nc(-c2cc(F)ccc2F)cc(=O)[nH]1. The average Bonchev–Trinajstić information content (AvgIpc) is 2.32. The van der Waals surface area contributed by atoms with Crippen LogP contribution in [-0.4, -0.2) is 17.1 Å². The molecule has 0 aliphatic carbocycles. The summed E-state index contributed by atoms with van der Waals surface area (Å²) in [6, 6.07) is 4.09. The maximum atomic E-state index is 13.6. The van der Waals surface area contributed by atoms with Crippen molar-refractivity contribution in [2.24, 2.45) is 0 Å². The number of hydrogen-bond acceptors (Lipinski definition) is 3. The third kappa shape index (κ3) is 2.60. The lowest BCUT2D eigenvalue weighted by atomic mass is 10.1. The Kier molecular flexibility index (Phi) is 3.47. The highest BCUT2D eigenvalue weighted by atomic mass is 19.1. The molecule has 0 unspecified atom stereocenters. The summed E-state index contributed by atoms with van der Waals surface area (Å²) < 4.78 is 31.5. The molecule has 0 amide bonds. The van der Waals surface area contributed by atoms with Crippen molar-refractivity contribution >= 4 is 0 Å². The number of aromatic amines is 1. The predicted octanol–water partition coefficient (Wildman–Crippen LogP) is 1.86. The smallest absolute Gasteiger partial charge is 0.251 e. The predicted molar refractivity (Wildman–Crippen MR) is 60.9 cm³/mol. The van der Waals surface area contributed by atoms with E-state index in [0.29, 0.717) is 0 Å². The molecule has 2 aromatic rings. The number of ether oxygens (including phenoxy) is 1. The van der Waals surface area contributed by atoms with Crippen LogP contribution in [0.25, 0.3) is 11.3 Å². The molecule has 0 saturated carbocycles. The Labute approximate surface area is 101 Å². The molecular formula is C12H10F2N2O2. The standard InChI is InChI=1S/C12H10F2N2O2/c1-18-6-11-15-10(5-12(17)16-11)8-4-7(13)2-3-9(8)14/h2-5H,6H2,1H3,(H,15,16,17). The maximum absolute atomic E-state index is 13.6. The lowest BCUT2D eigenvalue weighted by molar-refractivity contribution is 0.177. The Bertz CT molecular complexity index is 626. The summed E-state index contributed by atoms with van der Waals surface area (Å²) in [5, 5.41) is 0. The summed E-state index contributed by atoms with van der Waals surface area (Å²) in [4.78, 5) is 17.8. The lowest BCUT2D eigenvalue weighted by Gasteiger charge is -2.05. The van der Waals surface area contributed by atoms with Crippen molar-refractivity contribution in [3.63, 3.8) is 0 Å². The molecule has 2 rings (SSSR count). The molecule has 0 saturated heterocycles. The Morgan fingerprint density at radius 2 is 2.11 bits per heavy atom. The van der Waals surface area contributed by atoms with Crippen molar-refractivity contribution in [3.8, 4) is 11.3 Å². The highest BCUT2D eigenvalue weighted by molar-refractivity contribution is 5.59. The van der Waals surface area contributed by atoms with Gasteiger partial charge in [0.1, 0.15) is 24.1 Å². The topological polar surface area (TPSA) is 55.0 Å². The molecule has 0 radical (unpaired) electrons. The first kappa shape index (κ1) is 12.4. The van der Waals surface area contributed by atoms with Gasteiger partial charge in [-0.25, -0.2) is 13.8 Å². The average molecular weight is 252 g/mol. The molecule has 0 aliphatic heterocycles. The Balaban J connectivity index is 2.56. The van der Waals surface area contributed by atoms with Crippen molar-refractivity contribution in [1.82, 2.24) is 9.97 Å². The molecular weight excluding hydrogens is 242 g/mol. The molecule has 6 heteroatoms. The molecule has 0 spiro atoms. The van der Waals surface area contributed by atoms with Gasteiger partial charge in [0.2, 0.25) is 0 Å². The minimum Gasteiger partial charge on any atom is -0.377 e. The van der Waals surface area contributed by atoms with E-state index >= 15 is 0 Å². The van der Waals surface area contributed by atoms with E-state index in [4.69, 9.17) is 4.74 Å². The van der Waals surface area contributed by atoms with Crippen LogP contribution < -0.4 is 5.56 Å². The Morgan fingerprint density at radius 3 is 2.83 bits per heavy atom. The van der Waals surface area contributed by atoms with Crippen LogP contribution in [0.4, 0.5) is 8.78 Å². The summed E-state index contributed by atoms with van der Waals surface area (Å²) in [6.45, 7) is 0.0833. The maximum Gasteiger partial charge on any atom is 0.251 e. The fourth-order valence-corrected chi connectivity index (χ4v) is 1.54. The van der Waals surface area contributed by atoms with Gasteiger partial charge in [0.25, 0.3) is 5.56 Å². The second-order valence-corrected chi connectivity index (χ2v) is 3.63. The zero-order valence-electron chi connectivity index (χ0n) is 9.54. The number of halogens is 2. The molecule has 0 aliphatic rings. The molecule has 1 aromatic carbocycles. The number of nitrogens with one attached hydrogen (secondary N) is 1. The van der Waals surface area contributed by atoms with Gasteiger partial charge in [-0.3, -0.25) is 4.79 Å². The first-order valence-electron chi connectivity index (χ1n) is 5.15. The van der Waals surface area contributed by atoms with Gasteiger partial charge in [-0.05, 0) is 18.2 Å². The quantitative estimate of drug-likeness (QED) is 0.907. The fraction of sp³-hybridized carbons (Fsp3) is 0.167. The summed E-state index contributed by atoms with van der Waals surface area (Å²) in [5.41, 5.74) is -0.433. The van der Waals surface area contributed by atoms with Crippen LogP contribution in [0.3, 0.4) is 0 Å². The van der Waals surface area contributed by atoms with Crippen LogP contribution in [0.2, 0.25) is 0 Å². The molecule has 94 valence electrons. The van der Waals surface area contributed by atoms with E-state index in [1.165, 1.54) is 7.11 Å². The van der Waals surface area contributed by atoms with Gasteiger partial charge >= 0.3 is 0 Å². The zero-order chi connectivity index (χ0) is 13.1. The van der Waals surface area contributed by atoms with Crippen LogP contribution in [0.5, 0.6) is 0 Å². The fourth-order valence-electron chi connectivity index (χ4n) is 1.54. The number of nitrogens with zero attached hydrogens (tertiary/aromatic N) is 1. The van der Waals surface area contributed by atoms with Crippen LogP contribution in [0, 0.1) is 11.6 Å². The Hall–Kier alpha value is -2.08. The van der Waals surface area contributed by atoms with Crippen LogP contribution in [-0.2, 0) is 11.3 Å². The van der Waals surface area contributed by atoms with Gasteiger partial charge in [-0.2, -0.15) is 0 Å². The van der Waals surface area contributed by atoms with Crippen molar-refractivity contribution < 1.29 is 13.5 Å². The first-order valence-corrected chi connectivity index (χ1v) is 5.15. The van der Waals surface area contributed by atoms with E-state index in [-0.39, 0.29) is 23.7 Å². The highest BCUT2D eigenvalue weighted by Crippen LogP contribution is 2.20. The van der Waals surface area contributed by atoms with Crippen molar-refractivity contribution in [2.45, 2.75) is 6.61 Å². The van der Waals surface area contributed by atoms with Gasteiger partial charge in [-0.15, -0.1) is 0 Å². The van der Waals surface area contributed by atoms with Crippen LogP contribution >= 0.6 is 0 Å². The molecule has 4 nitrogen and oxygen atoms in total. The number of benzene rings is 1. The number of H-pyrrole nitrogens is 1. The summed E-state index contributed by atoms with van der Waals surface area (Å²) in [6.07, 6.45) is 0. The van der Waals surface area contributed by atoms with Gasteiger partial charge in [0.15, 0.2) is 0 Å². The highest BCUT2D eigenvalue weighted by Gasteiger charge is 2.10. The van der Waals surface area contributed by atoms with Crippen LogP contribution in [0.1, 0.15) is 5.82 Å².